The van der Waals surface area contributed by atoms with E-state index in [1.165, 1.54) is 6.42 Å². The van der Waals surface area contributed by atoms with Crippen LogP contribution in [0.5, 0.6) is 0 Å². The number of guanidine groups is 1. The van der Waals surface area contributed by atoms with Gasteiger partial charge in [0.05, 0.1) is 26.0 Å². The summed E-state index contributed by atoms with van der Waals surface area (Å²) in [5.41, 5.74) is 0. The second-order valence-corrected chi connectivity index (χ2v) is 6.40. The Labute approximate surface area is 138 Å². The lowest BCUT2D eigenvalue weighted by Crippen LogP contribution is -2.41. The van der Waals surface area contributed by atoms with Crippen molar-refractivity contribution in [3.05, 3.63) is 24.2 Å². The summed E-state index contributed by atoms with van der Waals surface area (Å²) in [6.07, 6.45) is 3.83. The summed E-state index contributed by atoms with van der Waals surface area (Å²) in [6, 6.07) is 4.51. The Morgan fingerprint density at radius 2 is 2.22 bits per heavy atom. The van der Waals surface area contributed by atoms with Crippen LogP contribution in [0.3, 0.4) is 0 Å². The third-order valence-corrected chi connectivity index (χ3v) is 4.47. The van der Waals surface area contributed by atoms with Gasteiger partial charge in [-0.25, -0.2) is 0 Å². The molecule has 6 heteroatoms. The quantitative estimate of drug-likeness (QED) is 0.582. The molecule has 1 saturated heterocycles. The molecular formula is C17H28N4O2. The Morgan fingerprint density at radius 3 is 2.91 bits per heavy atom. The van der Waals surface area contributed by atoms with Crippen molar-refractivity contribution in [2.45, 2.75) is 25.8 Å². The van der Waals surface area contributed by atoms with Crippen molar-refractivity contribution in [2.75, 3.05) is 45.9 Å². The molecule has 0 bridgehead atoms. The number of furan rings is 1. The minimum atomic E-state index is 0.577. The molecule has 0 spiro atoms. The number of ether oxygens (including phenoxy) is 1. The highest BCUT2D eigenvalue weighted by atomic mass is 16.5. The fourth-order valence-electron chi connectivity index (χ4n) is 2.74. The average molecular weight is 320 g/mol. The van der Waals surface area contributed by atoms with Crippen molar-refractivity contribution in [1.29, 1.82) is 0 Å². The van der Waals surface area contributed by atoms with E-state index in [2.05, 4.69) is 22.5 Å². The van der Waals surface area contributed by atoms with Gasteiger partial charge in [-0.2, -0.15) is 0 Å². The van der Waals surface area contributed by atoms with E-state index in [9.17, 15) is 0 Å². The van der Waals surface area contributed by atoms with E-state index in [1.807, 2.05) is 12.1 Å². The second kappa shape index (κ2) is 8.36. The summed E-state index contributed by atoms with van der Waals surface area (Å²) in [7, 11) is 0. The summed E-state index contributed by atoms with van der Waals surface area (Å²) in [5, 5.41) is 6.95. The number of aliphatic imine (C=N–C) groups is 1. The third kappa shape index (κ3) is 5.55. The van der Waals surface area contributed by atoms with Crippen LogP contribution in [0.4, 0.5) is 0 Å². The molecule has 1 aromatic rings. The Balaban J connectivity index is 1.42. The molecule has 2 fully saturated rings. The van der Waals surface area contributed by atoms with Crippen LogP contribution in [0.1, 0.15) is 19.1 Å². The van der Waals surface area contributed by atoms with Gasteiger partial charge in [-0.15, -0.1) is 0 Å². The largest absolute Gasteiger partial charge is 0.469 e. The summed E-state index contributed by atoms with van der Waals surface area (Å²) in [6.45, 7) is 8.63. The minimum absolute atomic E-state index is 0.577. The summed E-state index contributed by atoms with van der Waals surface area (Å²) in [5.74, 6) is 2.69. The molecular weight excluding hydrogens is 292 g/mol. The second-order valence-electron chi connectivity index (χ2n) is 6.40. The van der Waals surface area contributed by atoms with Gasteiger partial charge < -0.3 is 19.8 Å². The van der Waals surface area contributed by atoms with Gasteiger partial charge in [0.1, 0.15) is 5.76 Å². The van der Waals surface area contributed by atoms with Gasteiger partial charge in [0, 0.05) is 38.6 Å². The van der Waals surface area contributed by atoms with Crippen molar-refractivity contribution in [3.8, 4) is 0 Å². The van der Waals surface area contributed by atoms with E-state index in [-0.39, 0.29) is 0 Å². The molecule has 2 N–H and O–H groups in total. The predicted molar refractivity (Wildman–Crippen MR) is 90.7 cm³/mol. The normalized spacial score (nSPS) is 25.3. The Morgan fingerprint density at radius 1 is 1.39 bits per heavy atom. The summed E-state index contributed by atoms with van der Waals surface area (Å²) < 4.78 is 10.7. The van der Waals surface area contributed by atoms with Crippen LogP contribution >= 0.6 is 0 Å². The summed E-state index contributed by atoms with van der Waals surface area (Å²) in [4.78, 5) is 7.14. The first-order valence-corrected chi connectivity index (χ1v) is 8.68. The highest BCUT2D eigenvalue weighted by Crippen LogP contribution is 2.28. The van der Waals surface area contributed by atoms with E-state index >= 15 is 0 Å². The molecule has 0 radical (unpaired) electrons. The molecule has 2 aliphatic rings. The van der Waals surface area contributed by atoms with Gasteiger partial charge >= 0.3 is 0 Å². The zero-order valence-electron chi connectivity index (χ0n) is 14.0. The van der Waals surface area contributed by atoms with Crippen molar-refractivity contribution < 1.29 is 9.15 Å². The molecule has 6 nitrogen and oxygen atoms in total. The fourth-order valence-corrected chi connectivity index (χ4v) is 2.74. The fraction of sp³-hybridized carbons (Fsp3) is 0.706. The van der Waals surface area contributed by atoms with E-state index < -0.39 is 0 Å². The zero-order chi connectivity index (χ0) is 15.9. The van der Waals surface area contributed by atoms with Crippen LogP contribution in [0.25, 0.3) is 0 Å². The maximum Gasteiger partial charge on any atom is 0.191 e. The van der Waals surface area contributed by atoms with Gasteiger partial charge in [0.2, 0.25) is 0 Å². The first-order valence-electron chi connectivity index (χ1n) is 8.68. The van der Waals surface area contributed by atoms with Gasteiger partial charge in [0.15, 0.2) is 5.96 Å². The summed E-state index contributed by atoms with van der Waals surface area (Å²) >= 11 is 0. The lowest BCUT2D eigenvalue weighted by atomic mass is 10.3. The molecule has 1 saturated carbocycles. The SMILES string of the molecule is CC1CC1NC(=NCCN1CCOCC1)NCCc1ccco1. The van der Waals surface area contributed by atoms with Gasteiger partial charge in [0.25, 0.3) is 0 Å². The van der Waals surface area contributed by atoms with Crippen molar-refractivity contribution >= 4 is 5.96 Å². The van der Waals surface area contributed by atoms with E-state index in [1.54, 1.807) is 6.26 Å². The maximum atomic E-state index is 5.38. The van der Waals surface area contributed by atoms with Crippen molar-refractivity contribution in [3.63, 3.8) is 0 Å². The highest BCUT2D eigenvalue weighted by Gasteiger charge is 2.33. The number of rotatable bonds is 7. The Bertz CT molecular complexity index is 483. The topological polar surface area (TPSA) is 62.0 Å². The molecule has 2 atom stereocenters. The molecule has 2 unspecified atom stereocenters. The third-order valence-electron chi connectivity index (χ3n) is 4.47. The first-order chi connectivity index (χ1) is 11.3. The molecule has 2 heterocycles. The van der Waals surface area contributed by atoms with Crippen LogP contribution in [-0.4, -0.2) is 62.8 Å². The molecule has 1 aliphatic carbocycles. The molecule has 128 valence electrons. The van der Waals surface area contributed by atoms with Crippen LogP contribution in [0, 0.1) is 5.92 Å². The predicted octanol–water partition coefficient (Wildman–Crippen LogP) is 1.10. The number of morpholine rings is 1. The average Bonchev–Trinajstić information content (AvgIpc) is 3.02. The zero-order valence-corrected chi connectivity index (χ0v) is 14.0. The molecule has 23 heavy (non-hydrogen) atoms. The first kappa shape index (κ1) is 16.3. The monoisotopic (exact) mass is 320 g/mol. The molecule has 1 aromatic heterocycles. The minimum Gasteiger partial charge on any atom is -0.469 e. The number of hydrogen-bond acceptors (Lipinski definition) is 4. The van der Waals surface area contributed by atoms with E-state index in [0.717, 1.165) is 70.0 Å². The Kier molecular flexibility index (Phi) is 5.93. The van der Waals surface area contributed by atoms with Crippen LogP contribution in [0.2, 0.25) is 0 Å². The van der Waals surface area contributed by atoms with Crippen LogP contribution in [0.15, 0.2) is 27.8 Å². The lowest BCUT2D eigenvalue weighted by molar-refractivity contribution is 0.0394. The van der Waals surface area contributed by atoms with Gasteiger partial charge in [-0.3, -0.25) is 9.89 Å². The number of nitrogens with zero attached hydrogens (tertiary/aromatic N) is 2. The van der Waals surface area contributed by atoms with E-state index in [0.29, 0.717) is 6.04 Å². The smallest absolute Gasteiger partial charge is 0.191 e. The highest BCUT2D eigenvalue weighted by molar-refractivity contribution is 5.80. The number of nitrogens with one attached hydrogen (secondary N) is 2. The Hall–Kier alpha value is -1.53. The van der Waals surface area contributed by atoms with Crippen molar-refractivity contribution in [2.24, 2.45) is 10.9 Å². The molecule has 0 aromatic carbocycles. The molecule has 1 aliphatic heterocycles. The standard InChI is InChI=1S/C17H28N4O2/c1-14-13-16(14)20-17(18-5-4-15-3-2-10-23-15)19-6-7-21-8-11-22-12-9-21/h2-3,10,14,16H,4-9,11-13H2,1H3,(H2,18,19,20). The van der Waals surface area contributed by atoms with E-state index in [4.69, 9.17) is 14.1 Å². The van der Waals surface area contributed by atoms with Crippen LogP contribution in [-0.2, 0) is 11.2 Å². The lowest BCUT2D eigenvalue weighted by Gasteiger charge is -2.25. The van der Waals surface area contributed by atoms with Crippen molar-refractivity contribution in [1.82, 2.24) is 15.5 Å². The molecule has 3 rings (SSSR count). The molecule has 0 amide bonds. The van der Waals surface area contributed by atoms with Crippen LogP contribution < -0.4 is 10.6 Å². The van der Waals surface area contributed by atoms with Gasteiger partial charge in [-0.05, 0) is 24.5 Å². The maximum absolute atomic E-state index is 5.38. The van der Waals surface area contributed by atoms with Gasteiger partial charge in [-0.1, -0.05) is 6.92 Å². The number of hydrogen-bond donors (Lipinski definition) is 2.